The Hall–Kier alpha value is -0.430. The topological polar surface area (TPSA) is 23.8 Å². The van der Waals surface area contributed by atoms with Crippen LogP contribution in [-0.4, -0.2) is 5.75 Å². The standard InChI is InChI=1S/C11H9BrClNS/c1-2-15-10(7-14)11(12)8-5-3-4-6-9(8)13/h3-6H,2H2,1H3. The molecule has 0 unspecified atom stereocenters. The first kappa shape index (κ1) is 12.6. The van der Waals surface area contributed by atoms with Crippen LogP contribution in [-0.2, 0) is 0 Å². The highest BCUT2D eigenvalue weighted by Crippen LogP contribution is 2.34. The van der Waals surface area contributed by atoms with E-state index in [0.29, 0.717) is 9.93 Å². The number of hydrogen-bond acceptors (Lipinski definition) is 2. The van der Waals surface area contributed by atoms with Gasteiger partial charge in [0.25, 0.3) is 0 Å². The van der Waals surface area contributed by atoms with Gasteiger partial charge in [0.1, 0.15) is 6.07 Å². The number of thioether (sulfide) groups is 1. The van der Waals surface area contributed by atoms with Gasteiger partial charge in [-0.15, -0.1) is 11.8 Å². The van der Waals surface area contributed by atoms with Crippen LogP contribution in [0.3, 0.4) is 0 Å². The Kier molecular flexibility index (Phi) is 5.24. The summed E-state index contributed by atoms with van der Waals surface area (Å²) in [5.74, 6) is 0.864. The summed E-state index contributed by atoms with van der Waals surface area (Å²) < 4.78 is 0.766. The van der Waals surface area contributed by atoms with Gasteiger partial charge in [-0.1, -0.05) is 36.7 Å². The van der Waals surface area contributed by atoms with E-state index in [1.807, 2.05) is 31.2 Å². The predicted molar refractivity (Wildman–Crippen MR) is 71.0 cm³/mol. The van der Waals surface area contributed by atoms with Gasteiger partial charge in [0, 0.05) is 10.6 Å². The maximum Gasteiger partial charge on any atom is 0.107 e. The number of nitrogens with zero attached hydrogens (tertiary/aromatic N) is 1. The first-order valence-corrected chi connectivity index (χ1v) is 6.54. The second kappa shape index (κ2) is 6.22. The van der Waals surface area contributed by atoms with E-state index in [0.717, 1.165) is 15.8 Å². The Balaban J connectivity index is 3.18. The number of benzene rings is 1. The summed E-state index contributed by atoms with van der Waals surface area (Å²) in [6, 6.07) is 9.63. The zero-order valence-corrected chi connectivity index (χ0v) is 11.3. The summed E-state index contributed by atoms with van der Waals surface area (Å²) in [6.07, 6.45) is 0. The third-order valence-corrected chi connectivity index (χ3v) is 3.99. The molecule has 0 spiro atoms. The van der Waals surface area contributed by atoms with Gasteiger partial charge in [0.2, 0.25) is 0 Å². The Labute approximate surface area is 107 Å². The van der Waals surface area contributed by atoms with Gasteiger partial charge in [-0.05, 0) is 27.7 Å². The molecule has 0 heterocycles. The van der Waals surface area contributed by atoms with Gasteiger partial charge in [-0.2, -0.15) is 5.26 Å². The Morgan fingerprint density at radius 2 is 2.20 bits per heavy atom. The zero-order valence-electron chi connectivity index (χ0n) is 8.13. The van der Waals surface area contributed by atoms with Crippen molar-refractivity contribution in [3.05, 3.63) is 39.8 Å². The van der Waals surface area contributed by atoms with Crippen molar-refractivity contribution in [3.63, 3.8) is 0 Å². The van der Waals surface area contributed by atoms with Gasteiger partial charge in [-0.3, -0.25) is 0 Å². The molecule has 78 valence electrons. The molecule has 0 aliphatic carbocycles. The molecule has 1 nitrogen and oxygen atoms in total. The Morgan fingerprint density at radius 3 is 2.73 bits per heavy atom. The smallest absolute Gasteiger partial charge is 0.107 e. The van der Waals surface area contributed by atoms with Crippen molar-refractivity contribution in [2.45, 2.75) is 6.92 Å². The summed E-state index contributed by atoms with van der Waals surface area (Å²) in [5.41, 5.74) is 0.858. The van der Waals surface area contributed by atoms with E-state index in [9.17, 15) is 0 Å². The molecule has 0 amide bonds. The molecule has 1 aromatic carbocycles. The van der Waals surface area contributed by atoms with Crippen LogP contribution in [0.2, 0.25) is 5.02 Å². The molecule has 0 saturated carbocycles. The Morgan fingerprint density at radius 1 is 1.53 bits per heavy atom. The number of hydrogen-bond donors (Lipinski definition) is 0. The molecule has 4 heteroatoms. The highest BCUT2D eigenvalue weighted by atomic mass is 79.9. The third-order valence-electron chi connectivity index (χ3n) is 1.70. The highest BCUT2D eigenvalue weighted by molar-refractivity contribution is 9.15. The van der Waals surface area contributed by atoms with Crippen molar-refractivity contribution in [1.82, 2.24) is 0 Å². The van der Waals surface area contributed by atoms with Crippen LogP contribution in [0.5, 0.6) is 0 Å². The zero-order chi connectivity index (χ0) is 11.3. The lowest BCUT2D eigenvalue weighted by Gasteiger charge is -2.04. The molecule has 0 N–H and O–H groups in total. The SMILES string of the molecule is CCSC(C#N)=C(Br)c1ccccc1Cl. The maximum absolute atomic E-state index is 8.98. The first-order chi connectivity index (χ1) is 7.20. The van der Waals surface area contributed by atoms with Crippen molar-refractivity contribution in [2.24, 2.45) is 0 Å². The number of rotatable bonds is 3. The van der Waals surface area contributed by atoms with Gasteiger partial charge in [0.15, 0.2) is 0 Å². The highest BCUT2D eigenvalue weighted by Gasteiger charge is 2.09. The van der Waals surface area contributed by atoms with Crippen molar-refractivity contribution in [2.75, 3.05) is 5.75 Å². The lowest BCUT2D eigenvalue weighted by molar-refractivity contribution is 1.51. The van der Waals surface area contributed by atoms with Gasteiger partial charge in [-0.25, -0.2) is 0 Å². The van der Waals surface area contributed by atoms with Crippen LogP contribution in [0.4, 0.5) is 0 Å². The maximum atomic E-state index is 8.98. The average Bonchev–Trinajstić information content (AvgIpc) is 2.25. The Bertz CT molecular complexity index is 423. The molecular formula is C11H9BrClNS. The van der Waals surface area contributed by atoms with Crippen LogP contribution in [0.1, 0.15) is 12.5 Å². The summed E-state index contributed by atoms with van der Waals surface area (Å²) >= 11 is 11.0. The van der Waals surface area contributed by atoms with Crippen molar-refractivity contribution >= 4 is 43.8 Å². The second-order valence-electron chi connectivity index (χ2n) is 2.67. The van der Waals surface area contributed by atoms with E-state index in [1.54, 1.807) is 0 Å². The summed E-state index contributed by atoms with van der Waals surface area (Å²) in [7, 11) is 0. The monoisotopic (exact) mass is 301 g/mol. The quantitative estimate of drug-likeness (QED) is 0.757. The third kappa shape index (κ3) is 3.27. The first-order valence-electron chi connectivity index (χ1n) is 4.38. The van der Waals surface area contributed by atoms with Crippen molar-refractivity contribution in [3.8, 4) is 6.07 Å². The minimum Gasteiger partial charge on any atom is -0.192 e. The molecule has 0 aliphatic heterocycles. The molecular weight excluding hydrogens is 294 g/mol. The van der Waals surface area contributed by atoms with E-state index in [1.165, 1.54) is 11.8 Å². The fraction of sp³-hybridized carbons (Fsp3) is 0.182. The molecule has 0 aliphatic rings. The molecule has 0 radical (unpaired) electrons. The van der Waals surface area contributed by atoms with Crippen LogP contribution in [0.15, 0.2) is 29.2 Å². The van der Waals surface area contributed by atoms with Gasteiger partial charge < -0.3 is 0 Å². The fourth-order valence-electron chi connectivity index (χ4n) is 1.05. The molecule has 0 bridgehead atoms. The van der Waals surface area contributed by atoms with Crippen LogP contribution >= 0.6 is 39.3 Å². The van der Waals surface area contributed by atoms with E-state index in [4.69, 9.17) is 16.9 Å². The van der Waals surface area contributed by atoms with Crippen LogP contribution in [0, 0.1) is 11.3 Å². The van der Waals surface area contributed by atoms with E-state index in [2.05, 4.69) is 22.0 Å². The molecule has 0 fully saturated rings. The molecule has 0 saturated heterocycles. The molecule has 1 rings (SSSR count). The van der Waals surface area contributed by atoms with E-state index < -0.39 is 0 Å². The largest absolute Gasteiger partial charge is 0.192 e. The summed E-state index contributed by atoms with van der Waals surface area (Å²) in [4.78, 5) is 0.658. The van der Waals surface area contributed by atoms with Crippen molar-refractivity contribution < 1.29 is 0 Å². The fourth-order valence-corrected chi connectivity index (χ4v) is 2.76. The van der Waals surface area contributed by atoms with Gasteiger partial charge >= 0.3 is 0 Å². The number of allylic oxidation sites excluding steroid dienone is 1. The van der Waals surface area contributed by atoms with Crippen LogP contribution < -0.4 is 0 Å². The predicted octanol–water partition coefficient (Wildman–Crippen LogP) is 4.68. The van der Waals surface area contributed by atoms with E-state index in [-0.39, 0.29) is 0 Å². The molecule has 15 heavy (non-hydrogen) atoms. The van der Waals surface area contributed by atoms with Gasteiger partial charge in [0.05, 0.1) is 9.39 Å². The lowest BCUT2D eigenvalue weighted by Crippen LogP contribution is -1.83. The second-order valence-corrected chi connectivity index (χ2v) is 5.14. The summed E-state index contributed by atoms with van der Waals surface area (Å²) in [5, 5.41) is 9.63. The van der Waals surface area contributed by atoms with Crippen molar-refractivity contribution in [1.29, 1.82) is 5.26 Å². The molecule has 1 aromatic rings. The minimum absolute atomic E-state index is 0.647. The normalized spacial score (nSPS) is 11.9. The summed E-state index contributed by atoms with van der Waals surface area (Å²) in [6.45, 7) is 2.01. The average molecular weight is 303 g/mol. The molecule has 0 aromatic heterocycles. The number of halogens is 2. The van der Waals surface area contributed by atoms with Crippen LogP contribution in [0.25, 0.3) is 4.48 Å². The van der Waals surface area contributed by atoms with E-state index >= 15 is 0 Å². The minimum atomic E-state index is 0.647. The lowest BCUT2D eigenvalue weighted by atomic mass is 10.2. The number of nitriles is 1. The molecule has 0 atom stereocenters.